The summed E-state index contributed by atoms with van der Waals surface area (Å²) in [6.07, 6.45) is 0. The summed E-state index contributed by atoms with van der Waals surface area (Å²) < 4.78 is 5.28. The van der Waals surface area contributed by atoms with Crippen molar-refractivity contribution in [3.05, 3.63) is 66.2 Å². The Morgan fingerprint density at radius 2 is 1.68 bits per heavy atom. The molecular formula is C22H24N2O3S. The summed E-state index contributed by atoms with van der Waals surface area (Å²) in [5.74, 6) is -1.08. The van der Waals surface area contributed by atoms with Crippen molar-refractivity contribution in [3.8, 4) is 6.07 Å². The lowest BCUT2D eigenvalue weighted by Gasteiger charge is -2.27. The van der Waals surface area contributed by atoms with Crippen LogP contribution in [0.1, 0.15) is 31.6 Å². The smallest absolute Gasteiger partial charge is 0.324 e. The van der Waals surface area contributed by atoms with Crippen LogP contribution in [-0.2, 0) is 14.3 Å². The number of carbonyl (C=O) groups is 2. The maximum absolute atomic E-state index is 12.7. The van der Waals surface area contributed by atoms with Gasteiger partial charge in [-0.2, -0.15) is 5.26 Å². The standard InChI is InChI=1S/C22H24N2O3S/c1-16(2)22(3,15-23)24-19(25)14-27-21(26)20(17-10-6-4-7-11-17)28-18-12-8-5-9-13-18/h4-13,16,20H,14H2,1-3H3,(H,24,25)/t20-,22+/m1/s1. The van der Waals surface area contributed by atoms with Gasteiger partial charge in [-0.1, -0.05) is 62.4 Å². The SMILES string of the molecule is CC(C)[C@](C)(C#N)NC(=O)COC(=O)[C@H](Sc1ccccc1)c1ccccc1. The monoisotopic (exact) mass is 396 g/mol. The summed E-state index contributed by atoms with van der Waals surface area (Å²) in [5, 5.41) is 11.4. The Balaban J connectivity index is 2.07. The molecule has 0 fully saturated rings. The third kappa shape index (κ3) is 5.86. The minimum absolute atomic E-state index is 0.0807. The van der Waals surface area contributed by atoms with E-state index in [1.54, 1.807) is 6.92 Å². The van der Waals surface area contributed by atoms with Gasteiger partial charge in [-0.15, -0.1) is 11.8 Å². The molecule has 0 aromatic heterocycles. The van der Waals surface area contributed by atoms with E-state index in [0.29, 0.717) is 0 Å². The molecule has 6 heteroatoms. The van der Waals surface area contributed by atoms with E-state index in [1.807, 2.05) is 74.5 Å². The summed E-state index contributed by atoms with van der Waals surface area (Å²) in [6.45, 7) is 4.91. The van der Waals surface area contributed by atoms with E-state index < -0.39 is 29.3 Å². The van der Waals surface area contributed by atoms with Gasteiger partial charge in [-0.25, -0.2) is 0 Å². The van der Waals surface area contributed by atoms with Crippen molar-refractivity contribution in [1.29, 1.82) is 5.26 Å². The number of amides is 1. The molecule has 0 radical (unpaired) electrons. The number of ether oxygens (including phenoxy) is 1. The second kappa shape index (κ2) is 9.95. The lowest BCUT2D eigenvalue weighted by Crippen LogP contribution is -2.50. The van der Waals surface area contributed by atoms with Crippen LogP contribution < -0.4 is 5.32 Å². The summed E-state index contributed by atoms with van der Waals surface area (Å²) in [7, 11) is 0. The van der Waals surface area contributed by atoms with Crippen LogP contribution in [0.25, 0.3) is 0 Å². The molecule has 0 saturated heterocycles. The second-order valence-corrected chi connectivity index (χ2v) is 8.02. The van der Waals surface area contributed by atoms with Crippen molar-refractivity contribution in [2.75, 3.05) is 6.61 Å². The first-order valence-electron chi connectivity index (χ1n) is 9.01. The highest BCUT2D eigenvalue weighted by molar-refractivity contribution is 8.00. The normalized spacial score (nSPS) is 13.8. The molecule has 2 rings (SSSR count). The molecule has 0 saturated carbocycles. The van der Waals surface area contributed by atoms with E-state index in [0.717, 1.165) is 10.5 Å². The number of benzene rings is 2. The Labute approximate surface area is 170 Å². The van der Waals surface area contributed by atoms with Gasteiger partial charge in [-0.05, 0) is 30.5 Å². The van der Waals surface area contributed by atoms with Gasteiger partial charge < -0.3 is 10.1 Å². The molecule has 0 bridgehead atoms. The average Bonchev–Trinajstić information content (AvgIpc) is 2.71. The first-order chi connectivity index (χ1) is 13.4. The van der Waals surface area contributed by atoms with E-state index in [1.165, 1.54) is 11.8 Å². The molecule has 2 aromatic rings. The van der Waals surface area contributed by atoms with E-state index >= 15 is 0 Å². The molecule has 0 heterocycles. The van der Waals surface area contributed by atoms with Gasteiger partial charge in [0.05, 0.1) is 6.07 Å². The number of hydrogen-bond acceptors (Lipinski definition) is 5. The molecule has 2 aromatic carbocycles. The molecule has 0 aliphatic heterocycles. The van der Waals surface area contributed by atoms with Crippen LogP contribution in [-0.4, -0.2) is 24.0 Å². The largest absolute Gasteiger partial charge is 0.454 e. The van der Waals surface area contributed by atoms with Crippen molar-refractivity contribution >= 4 is 23.6 Å². The number of nitrogens with zero attached hydrogens (tertiary/aromatic N) is 1. The predicted octanol–water partition coefficient (Wildman–Crippen LogP) is 4.12. The summed E-state index contributed by atoms with van der Waals surface area (Å²) in [5.41, 5.74) is -0.216. The van der Waals surface area contributed by atoms with Crippen molar-refractivity contribution in [3.63, 3.8) is 0 Å². The number of carbonyl (C=O) groups excluding carboxylic acids is 2. The van der Waals surface area contributed by atoms with E-state index in [-0.39, 0.29) is 5.92 Å². The van der Waals surface area contributed by atoms with Gasteiger partial charge in [0.25, 0.3) is 5.91 Å². The van der Waals surface area contributed by atoms with E-state index in [4.69, 9.17) is 4.74 Å². The van der Waals surface area contributed by atoms with Gasteiger partial charge in [0.1, 0.15) is 10.8 Å². The number of thioether (sulfide) groups is 1. The third-order valence-electron chi connectivity index (χ3n) is 4.45. The fourth-order valence-corrected chi connectivity index (χ4v) is 3.40. The van der Waals surface area contributed by atoms with Crippen LogP contribution in [0.2, 0.25) is 0 Å². The predicted molar refractivity (Wildman–Crippen MR) is 109 cm³/mol. The first-order valence-corrected chi connectivity index (χ1v) is 9.89. The lowest BCUT2D eigenvalue weighted by atomic mass is 9.90. The first kappa shape index (κ1) is 21.5. The van der Waals surface area contributed by atoms with Gasteiger partial charge in [0, 0.05) is 4.90 Å². The molecule has 28 heavy (non-hydrogen) atoms. The Kier molecular flexibility index (Phi) is 7.65. The fraction of sp³-hybridized carbons (Fsp3) is 0.318. The molecular weight excluding hydrogens is 372 g/mol. The van der Waals surface area contributed by atoms with Gasteiger partial charge >= 0.3 is 5.97 Å². The zero-order chi connectivity index (χ0) is 20.6. The number of rotatable bonds is 8. The van der Waals surface area contributed by atoms with Gasteiger partial charge in [-0.3, -0.25) is 9.59 Å². The minimum atomic E-state index is -1.01. The Bertz CT molecular complexity index is 834. The summed E-state index contributed by atoms with van der Waals surface area (Å²) in [6, 6.07) is 20.9. The van der Waals surface area contributed by atoms with Crippen LogP contribution in [0.5, 0.6) is 0 Å². The highest BCUT2D eigenvalue weighted by Gasteiger charge is 2.31. The van der Waals surface area contributed by atoms with Crippen LogP contribution in [0, 0.1) is 17.2 Å². The average molecular weight is 397 g/mol. The van der Waals surface area contributed by atoms with Crippen LogP contribution >= 0.6 is 11.8 Å². The van der Waals surface area contributed by atoms with Crippen LogP contribution in [0.3, 0.4) is 0 Å². The van der Waals surface area contributed by atoms with Gasteiger partial charge in [0.2, 0.25) is 0 Å². The molecule has 1 N–H and O–H groups in total. The topological polar surface area (TPSA) is 79.2 Å². The molecule has 5 nitrogen and oxygen atoms in total. The number of esters is 1. The van der Waals surface area contributed by atoms with Gasteiger partial charge in [0.15, 0.2) is 6.61 Å². The maximum Gasteiger partial charge on any atom is 0.324 e. The zero-order valence-electron chi connectivity index (χ0n) is 16.2. The molecule has 0 spiro atoms. The van der Waals surface area contributed by atoms with Crippen LogP contribution in [0.15, 0.2) is 65.6 Å². The number of nitriles is 1. The van der Waals surface area contributed by atoms with Crippen LogP contribution in [0.4, 0.5) is 0 Å². The molecule has 2 atom stereocenters. The third-order valence-corrected chi connectivity index (χ3v) is 5.69. The molecule has 0 aliphatic carbocycles. The lowest BCUT2D eigenvalue weighted by molar-refractivity contribution is -0.148. The quantitative estimate of drug-likeness (QED) is 0.536. The molecule has 0 unspecified atom stereocenters. The van der Waals surface area contributed by atoms with E-state index in [9.17, 15) is 14.9 Å². The maximum atomic E-state index is 12.7. The fourth-order valence-electron chi connectivity index (χ4n) is 2.35. The van der Waals surface area contributed by atoms with Crippen molar-refractivity contribution in [1.82, 2.24) is 5.32 Å². The molecule has 1 amide bonds. The number of hydrogen-bond donors (Lipinski definition) is 1. The van der Waals surface area contributed by atoms with Crippen molar-refractivity contribution in [2.24, 2.45) is 5.92 Å². The summed E-state index contributed by atoms with van der Waals surface area (Å²) in [4.78, 5) is 25.9. The zero-order valence-corrected chi connectivity index (χ0v) is 17.0. The Morgan fingerprint density at radius 1 is 1.11 bits per heavy atom. The van der Waals surface area contributed by atoms with Crippen molar-refractivity contribution < 1.29 is 14.3 Å². The number of nitrogens with one attached hydrogen (secondary N) is 1. The Morgan fingerprint density at radius 3 is 2.21 bits per heavy atom. The highest BCUT2D eigenvalue weighted by Crippen LogP contribution is 2.36. The molecule has 0 aliphatic rings. The summed E-state index contributed by atoms with van der Waals surface area (Å²) >= 11 is 1.37. The minimum Gasteiger partial charge on any atom is -0.454 e. The van der Waals surface area contributed by atoms with E-state index in [2.05, 4.69) is 11.4 Å². The second-order valence-electron chi connectivity index (χ2n) is 6.85. The highest BCUT2D eigenvalue weighted by atomic mass is 32.2. The molecule has 146 valence electrons. The Hall–Kier alpha value is -2.78. The van der Waals surface area contributed by atoms with Crippen molar-refractivity contribution in [2.45, 2.75) is 36.5 Å².